The van der Waals surface area contributed by atoms with Gasteiger partial charge in [0.15, 0.2) is 0 Å². The third-order valence-electron chi connectivity index (χ3n) is 0.468. The molecule has 0 bridgehead atoms. The minimum atomic E-state index is 0.0301. The molecule has 2 heteroatoms. The first-order valence-electron chi connectivity index (χ1n) is 1.96. The van der Waals surface area contributed by atoms with E-state index in [1.54, 1.807) is 6.92 Å². The van der Waals surface area contributed by atoms with Crippen LogP contribution in [-0.4, -0.2) is 12.3 Å². The van der Waals surface area contributed by atoms with Crippen LogP contribution in [0.3, 0.4) is 0 Å². The third kappa shape index (κ3) is 3.63. The van der Waals surface area contributed by atoms with Crippen LogP contribution in [0.5, 0.6) is 0 Å². The van der Waals surface area contributed by atoms with Crippen molar-refractivity contribution in [2.24, 2.45) is 5.73 Å². The summed E-state index contributed by atoms with van der Waals surface area (Å²) in [7, 11) is 0. The zero-order valence-electron chi connectivity index (χ0n) is 3.85. The Morgan fingerprint density at radius 1 is 2.00 bits per heavy atom. The second-order valence-corrected chi connectivity index (χ2v) is 1.38. The Hall–Kier alpha value is -0.370. The molecular formula is C4H9NO. The molecule has 0 amide bonds. The van der Waals surface area contributed by atoms with Gasteiger partial charge in [0.1, 0.15) is 6.29 Å². The predicted molar refractivity (Wildman–Crippen MR) is 24.3 cm³/mol. The fourth-order valence-corrected chi connectivity index (χ4v) is 0.152. The van der Waals surface area contributed by atoms with Gasteiger partial charge in [0, 0.05) is 12.5 Å². The summed E-state index contributed by atoms with van der Waals surface area (Å²) in [5.41, 5.74) is 5.17. The molecule has 0 heterocycles. The molecule has 1 atom stereocenters. The van der Waals surface area contributed by atoms with Crippen LogP contribution in [0.2, 0.25) is 0 Å². The summed E-state index contributed by atoms with van der Waals surface area (Å²) in [5.74, 6) is 0. The summed E-state index contributed by atoms with van der Waals surface area (Å²) in [6.45, 7) is 1.80. The summed E-state index contributed by atoms with van der Waals surface area (Å²) in [6.07, 6.45) is 1.30. The van der Waals surface area contributed by atoms with E-state index < -0.39 is 0 Å². The van der Waals surface area contributed by atoms with Crippen molar-refractivity contribution in [2.45, 2.75) is 19.4 Å². The maximum Gasteiger partial charge on any atom is 0.121 e. The Bertz CT molecular complexity index is 42.8. The highest BCUT2D eigenvalue weighted by molar-refractivity contribution is 5.50. The lowest BCUT2D eigenvalue weighted by Gasteiger charge is -1.91. The zero-order valence-corrected chi connectivity index (χ0v) is 3.85. The van der Waals surface area contributed by atoms with Gasteiger partial charge in [0.2, 0.25) is 0 Å². The van der Waals surface area contributed by atoms with Gasteiger partial charge in [-0.3, -0.25) is 0 Å². The van der Waals surface area contributed by atoms with E-state index in [9.17, 15) is 4.79 Å². The molecule has 0 aromatic rings. The van der Waals surface area contributed by atoms with Crippen LogP contribution >= 0.6 is 0 Å². The molecule has 2 nitrogen and oxygen atoms in total. The molecule has 0 fully saturated rings. The standard InChI is InChI=1S/C4H9NO/c1-4(5)2-3-6/h3-4H,2,5H2,1H3/t4-/m0/s1. The van der Waals surface area contributed by atoms with E-state index >= 15 is 0 Å². The molecule has 0 aliphatic rings. The fourth-order valence-electron chi connectivity index (χ4n) is 0.152. The molecule has 0 rings (SSSR count). The zero-order chi connectivity index (χ0) is 4.99. The maximum atomic E-state index is 9.54. The van der Waals surface area contributed by atoms with Gasteiger partial charge in [0.05, 0.1) is 0 Å². The van der Waals surface area contributed by atoms with Gasteiger partial charge in [0.25, 0.3) is 0 Å². The van der Waals surface area contributed by atoms with Crippen molar-refractivity contribution in [2.75, 3.05) is 0 Å². The Balaban J connectivity index is 2.81. The molecular weight excluding hydrogens is 78.0 g/mol. The molecule has 0 radical (unpaired) electrons. The minimum Gasteiger partial charge on any atom is -0.328 e. The normalized spacial score (nSPS) is 13.7. The summed E-state index contributed by atoms with van der Waals surface area (Å²) in [4.78, 5) is 9.54. The van der Waals surface area contributed by atoms with Gasteiger partial charge in [-0.25, -0.2) is 0 Å². The molecule has 0 aromatic heterocycles. The van der Waals surface area contributed by atoms with E-state index in [2.05, 4.69) is 0 Å². The van der Waals surface area contributed by atoms with Crippen LogP contribution in [0.1, 0.15) is 13.3 Å². The molecule has 0 aliphatic carbocycles. The molecule has 0 saturated carbocycles. The number of aldehydes is 1. The van der Waals surface area contributed by atoms with Crippen molar-refractivity contribution in [1.29, 1.82) is 0 Å². The van der Waals surface area contributed by atoms with Gasteiger partial charge in [-0.05, 0) is 6.92 Å². The molecule has 0 aromatic carbocycles. The monoisotopic (exact) mass is 87.1 g/mol. The lowest BCUT2D eigenvalue weighted by molar-refractivity contribution is -0.108. The van der Waals surface area contributed by atoms with Crippen LogP contribution < -0.4 is 5.73 Å². The number of hydrogen-bond donors (Lipinski definition) is 1. The molecule has 36 valence electrons. The fraction of sp³-hybridized carbons (Fsp3) is 0.750. The molecule has 0 spiro atoms. The van der Waals surface area contributed by atoms with Crippen LogP contribution in [0.15, 0.2) is 0 Å². The van der Waals surface area contributed by atoms with Crippen LogP contribution in [-0.2, 0) is 4.79 Å². The number of rotatable bonds is 2. The van der Waals surface area contributed by atoms with Gasteiger partial charge < -0.3 is 10.5 Å². The highest BCUT2D eigenvalue weighted by Gasteiger charge is 1.85. The Labute approximate surface area is 37.3 Å². The first-order chi connectivity index (χ1) is 2.77. The average molecular weight is 87.1 g/mol. The Kier molecular flexibility index (Phi) is 2.67. The van der Waals surface area contributed by atoms with E-state index in [4.69, 9.17) is 5.73 Å². The summed E-state index contributed by atoms with van der Waals surface area (Å²) in [6, 6.07) is 0.0301. The Morgan fingerprint density at radius 3 is 2.50 bits per heavy atom. The van der Waals surface area contributed by atoms with E-state index in [1.807, 2.05) is 0 Å². The molecule has 0 aliphatic heterocycles. The van der Waals surface area contributed by atoms with E-state index in [-0.39, 0.29) is 6.04 Å². The Morgan fingerprint density at radius 2 is 2.50 bits per heavy atom. The quantitative estimate of drug-likeness (QED) is 0.479. The van der Waals surface area contributed by atoms with Crippen LogP contribution in [0, 0.1) is 0 Å². The average Bonchev–Trinajstić information content (AvgIpc) is 1.35. The van der Waals surface area contributed by atoms with Crippen molar-refractivity contribution in [1.82, 2.24) is 0 Å². The summed E-state index contributed by atoms with van der Waals surface area (Å²) in [5, 5.41) is 0. The first kappa shape index (κ1) is 5.63. The van der Waals surface area contributed by atoms with Crippen molar-refractivity contribution in [3.8, 4) is 0 Å². The van der Waals surface area contributed by atoms with E-state index in [0.29, 0.717) is 6.42 Å². The van der Waals surface area contributed by atoms with E-state index in [1.165, 1.54) is 0 Å². The SMILES string of the molecule is C[C@H](N)CC=O. The second kappa shape index (κ2) is 2.85. The lowest BCUT2D eigenvalue weighted by atomic mass is 10.3. The van der Waals surface area contributed by atoms with Crippen LogP contribution in [0.4, 0.5) is 0 Å². The number of carbonyl (C=O) groups excluding carboxylic acids is 1. The summed E-state index contributed by atoms with van der Waals surface area (Å²) >= 11 is 0. The highest BCUT2D eigenvalue weighted by Crippen LogP contribution is 1.75. The van der Waals surface area contributed by atoms with Crippen molar-refractivity contribution >= 4 is 6.29 Å². The second-order valence-electron chi connectivity index (χ2n) is 1.38. The first-order valence-corrected chi connectivity index (χ1v) is 1.96. The van der Waals surface area contributed by atoms with Crippen molar-refractivity contribution in [3.63, 3.8) is 0 Å². The molecule has 2 N–H and O–H groups in total. The third-order valence-corrected chi connectivity index (χ3v) is 0.468. The molecule has 0 saturated heterocycles. The van der Waals surface area contributed by atoms with Gasteiger partial charge >= 0.3 is 0 Å². The lowest BCUT2D eigenvalue weighted by Crippen LogP contribution is -2.14. The van der Waals surface area contributed by atoms with Gasteiger partial charge in [-0.1, -0.05) is 0 Å². The molecule has 0 unspecified atom stereocenters. The largest absolute Gasteiger partial charge is 0.328 e. The summed E-state index contributed by atoms with van der Waals surface area (Å²) < 4.78 is 0. The van der Waals surface area contributed by atoms with Crippen LogP contribution in [0.25, 0.3) is 0 Å². The van der Waals surface area contributed by atoms with E-state index in [0.717, 1.165) is 6.29 Å². The number of nitrogens with two attached hydrogens (primary N) is 1. The smallest absolute Gasteiger partial charge is 0.121 e. The maximum absolute atomic E-state index is 9.54. The van der Waals surface area contributed by atoms with Gasteiger partial charge in [-0.2, -0.15) is 0 Å². The van der Waals surface area contributed by atoms with Gasteiger partial charge in [-0.15, -0.1) is 0 Å². The highest BCUT2D eigenvalue weighted by atomic mass is 16.1. The van der Waals surface area contributed by atoms with Crippen molar-refractivity contribution in [3.05, 3.63) is 0 Å². The number of carbonyl (C=O) groups is 1. The molecule has 6 heavy (non-hydrogen) atoms. The predicted octanol–water partition coefficient (Wildman–Crippen LogP) is -0.0774. The van der Waals surface area contributed by atoms with Crippen molar-refractivity contribution < 1.29 is 4.79 Å². The topological polar surface area (TPSA) is 43.1 Å². The number of hydrogen-bond acceptors (Lipinski definition) is 2. The minimum absolute atomic E-state index is 0.0301.